The van der Waals surface area contributed by atoms with E-state index >= 15 is 0 Å². The molecule has 1 saturated heterocycles. The highest BCUT2D eigenvalue weighted by Crippen LogP contribution is 2.25. The zero-order valence-corrected chi connectivity index (χ0v) is 19.4. The number of nitrogens with zero attached hydrogens (tertiary/aromatic N) is 5. The van der Waals surface area contributed by atoms with Crippen LogP contribution >= 0.6 is 12.2 Å². The van der Waals surface area contributed by atoms with Gasteiger partial charge in [0.05, 0.1) is 12.7 Å². The van der Waals surface area contributed by atoms with E-state index in [1.165, 1.54) is 11.1 Å². The van der Waals surface area contributed by atoms with Gasteiger partial charge in [-0.1, -0.05) is 47.5 Å². The maximum Gasteiger partial charge on any atom is 0.239 e. The number of carbonyl (C=O) groups excluding carboxylic acids is 1. The summed E-state index contributed by atoms with van der Waals surface area (Å²) in [5.41, 5.74) is 4.39. The minimum Gasteiger partial charge on any atom is -0.347 e. The summed E-state index contributed by atoms with van der Waals surface area (Å²) >= 11 is 5.89. The number of rotatable bonds is 5. The number of aryl methyl sites for hydroxylation is 2. The number of benzene rings is 2. The van der Waals surface area contributed by atoms with E-state index in [-0.39, 0.29) is 11.9 Å². The van der Waals surface area contributed by atoms with Crippen molar-refractivity contribution in [3.8, 4) is 17.1 Å². The van der Waals surface area contributed by atoms with Crippen LogP contribution < -0.4 is 0 Å². The predicted molar refractivity (Wildman–Crippen MR) is 126 cm³/mol. The lowest BCUT2D eigenvalue weighted by Crippen LogP contribution is -2.43. The molecule has 31 heavy (non-hydrogen) atoms. The topological polar surface area (TPSA) is 46.3 Å². The lowest BCUT2D eigenvalue weighted by molar-refractivity contribution is -0.134. The smallest absolute Gasteiger partial charge is 0.239 e. The van der Waals surface area contributed by atoms with E-state index in [1.807, 2.05) is 23.3 Å². The number of likely N-dealkylation sites (tertiary alicyclic amines) is 1. The molecule has 3 aromatic rings. The van der Waals surface area contributed by atoms with Crippen molar-refractivity contribution >= 4 is 18.1 Å². The number of hydrogen-bond donors (Lipinski definition) is 0. The summed E-state index contributed by atoms with van der Waals surface area (Å²) in [6, 6.07) is 16.5. The van der Waals surface area contributed by atoms with Crippen LogP contribution in [-0.4, -0.2) is 56.7 Å². The summed E-state index contributed by atoms with van der Waals surface area (Å²) < 4.78 is 4.51. The van der Waals surface area contributed by atoms with Crippen molar-refractivity contribution in [1.82, 2.24) is 24.1 Å². The van der Waals surface area contributed by atoms with Gasteiger partial charge in [-0.25, -0.2) is 4.68 Å². The van der Waals surface area contributed by atoms with Crippen LogP contribution in [0.4, 0.5) is 0 Å². The first-order valence-electron chi connectivity index (χ1n) is 10.6. The molecule has 2 aromatic carbocycles. The highest BCUT2D eigenvalue weighted by atomic mass is 32.1. The fraction of sp³-hybridized carbons (Fsp3) is 0.375. The summed E-state index contributed by atoms with van der Waals surface area (Å²) in [5.74, 6) is 0.948. The highest BCUT2D eigenvalue weighted by molar-refractivity contribution is 7.71. The molecule has 1 aliphatic rings. The average molecular weight is 436 g/mol. The molecule has 1 fully saturated rings. The van der Waals surface area contributed by atoms with E-state index in [2.05, 4.69) is 67.3 Å². The molecule has 0 N–H and O–H groups in total. The van der Waals surface area contributed by atoms with Gasteiger partial charge in [0.2, 0.25) is 10.7 Å². The normalized spacial score (nSPS) is 16.6. The Morgan fingerprint density at radius 3 is 2.29 bits per heavy atom. The van der Waals surface area contributed by atoms with Gasteiger partial charge in [0.25, 0.3) is 0 Å². The minimum absolute atomic E-state index is 0.121. The Hall–Kier alpha value is -2.77. The third kappa shape index (κ3) is 4.34. The molecule has 0 bridgehead atoms. The second kappa shape index (κ2) is 8.77. The molecule has 0 unspecified atom stereocenters. The molecule has 4 rings (SSSR count). The highest BCUT2D eigenvalue weighted by Gasteiger charge is 2.32. The van der Waals surface area contributed by atoms with Crippen molar-refractivity contribution in [2.75, 3.05) is 20.6 Å². The zero-order chi connectivity index (χ0) is 22.1. The van der Waals surface area contributed by atoms with E-state index in [4.69, 9.17) is 17.3 Å². The SMILES string of the molecule is Cc1ccc(-c2nn(CN3CCC[C@@H]3C(=O)N(C)C)c(=S)n2-c2ccc(C)cc2)cc1. The number of aromatic nitrogens is 3. The molecule has 1 aliphatic heterocycles. The standard InChI is InChI=1S/C24H29N5OS/c1-17-7-11-19(12-8-17)22-25-28(16-27-15-5-6-21(27)23(30)26(3)4)24(31)29(22)20-13-9-18(2)10-14-20/h7-14,21H,5-6,15-16H2,1-4H3/t21-/m1/s1. The van der Waals surface area contributed by atoms with Crippen molar-refractivity contribution in [2.45, 2.75) is 39.4 Å². The van der Waals surface area contributed by atoms with Gasteiger partial charge in [-0.2, -0.15) is 0 Å². The maximum absolute atomic E-state index is 12.6. The molecule has 6 nitrogen and oxygen atoms in total. The van der Waals surface area contributed by atoms with E-state index in [1.54, 1.807) is 4.90 Å². The Labute approximate surface area is 188 Å². The van der Waals surface area contributed by atoms with Crippen LogP contribution in [0.15, 0.2) is 48.5 Å². The van der Waals surface area contributed by atoms with Gasteiger partial charge in [-0.15, -0.1) is 5.10 Å². The average Bonchev–Trinajstić information content (AvgIpc) is 3.34. The van der Waals surface area contributed by atoms with Crippen molar-refractivity contribution in [2.24, 2.45) is 0 Å². The molecule has 1 amide bonds. The van der Waals surface area contributed by atoms with Gasteiger partial charge in [0, 0.05) is 31.9 Å². The largest absolute Gasteiger partial charge is 0.347 e. The van der Waals surface area contributed by atoms with Gasteiger partial charge >= 0.3 is 0 Å². The van der Waals surface area contributed by atoms with E-state index in [0.29, 0.717) is 11.4 Å². The second-order valence-electron chi connectivity index (χ2n) is 8.49. The van der Waals surface area contributed by atoms with Crippen molar-refractivity contribution < 1.29 is 4.79 Å². The second-order valence-corrected chi connectivity index (χ2v) is 8.85. The van der Waals surface area contributed by atoms with Crippen LogP contribution in [0.25, 0.3) is 17.1 Å². The fourth-order valence-corrected chi connectivity index (χ4v) is 4.35. The number of carbonyl (C=O) groups is 1. The Balaban J connectivity index is 1.76. The number of amides is 1. The van der Waals surface area contributed by atoms with Crippen LogP contribution in [0.5, 0.6) is 0 Å². The molecular formula is C24H29N5OS. The van der Waals surface area contributed by atoms with Crippen LogP contribution in [0.2, 0.25) is 0 Å². The third-order valence-electron chi connectivity index (χ3n) is 5.85. The molecule has 0 radical (unpaired) electrons. The molecule has 162 valence electrons. The predicted octanol–water partition coefficient (Wildman–Crippen LogP) is 4.20. The van der Waals surface area contributed by atoms with Crippen LogP contribution in [0, 0.1) is 18.6 Å². The van der Waals surface area contributed by atoms with Gasteiger partial charge < -0.3 is 4.90 Å². The van der Waals surface area contributed by atoms with Gasteiger partial charge in [0.15, 0.2) is 5.82 Å². The fourth-order valence-electron chi connectivity index (χ4n) is 4.06. The third-order valence-corrected chi connectivity index (χ3v) is 6.24. The minimum atomic E-state index is -0.121. The molecule has 1 atom stereocenters. The summed E-state index contributed by atoms with van der Waals surface area (Å²) in [7, 11) is 3.62. The molecule has 1 aromatic heterocycles. The quantitative estimate of drug-likeness (QED) is 0.564. The Morgan fingerprint density at radius 2 is 1.68 bits per heavy atom. The van der Waals surface area contributed by atoms with Crippen molar-refractivity contribution in [3.05, 3.63) is 64.4 Å². The Morgan fingerprint density at radius 1 is 1.06 bits per heavy atom. The summed E-state index contributed by atoms with van der Waals surface area (Å²) in [4.78, 5) is 16.5. The van der Waals surface area contributed by atoms with Gasteiger partial charge in [-0.05, 0) is 51.0 Å². The van der Waals surface area contributed by atoms with E-state index in [9.17, 15) is 4.79 Å². The van der Waals surface area contributed by atoms with Crippen molar-refractivity contribution in [3.63, 3.8) is 0 Å². The summed E-state index contributed by atoms with van der Waals surface area (Å²) in [6.45, 7) is 5.51. The van der Waals surface area contributed by atoms with E-state index in [0.717, 1.165) is 36.5 Å². The zero-order valence-electron chi connectivity index (χ0n) is 18.6. The summed E-state index contributed by atoms with van der Waals surface area (Å²) in [6.07, 6.45) is 1.87. The van der Waals surface area contributed by atoms with Crippen LogP contribution in [0.1, 0.15) is 24.0 Å². The molecule has 7 heteroatoms. The van der Waals surface area contributed by atoms with Gasteiger partial charge in [0.1, 0.15) is 0 Å². The first-order chi connectivity index (χ1) is 14.8. The first-order valence-corrected chi connectivity index (χ1v) is 11.0. The molecule has 0 saturated carbocycles. The Bertz CT molecular complexity index is 1130. The lowest BCUT2D eigenvalue weighted by atomic mass is 10.1. The number of hydrogen-bond acceptors (Lipinski definition) is 4. The van der Waals surface area contributed by atoms with Gasteiger partial charge in [-0.3, -0.25) is 14.3 Å². The summed E-state index contributed by atoms with van der Waals surface area (Å²) in [5, 5.41) is 4.92. The van der Waals surface area contributed by atoms with Crippen LogP contribution in [-0.2, 0) is 11.5 Å². The first kappa shape index (κ1) is 21.5. The molecule has 0 spiro atoms. The monoisotopic (exact) mass is 435 g/mol. The molecule has 0 aliphatic carbocycles. The molecular weight excluding hydrogens is 406 g/mol. The molecule has 2 heterocycles. The number of likely N-dealkylation sites (N-methyl/N-ethyl adjacent to an activating group) is 1. The Kier molecular flexibility index (Phi) is 6.07. The lowest BCUT2D eigenvalue weighted by Gasteiger charge is -2.25. The van der Waals surface area contributed by atoms with Crippen molar-refractivity contribution in [1.29, 1.82) is 0 Å². The van der Waals surface area contributed by atoms with Crippen LogP contribution in [0.3, 0.4) is 0 Å². The maximum atomic E-state index is 12.6. The van der Waals surface area contributed by atoms with E-state index < -0.39 is 0 Å².